The van der Waals surface area contributed by atoms with E-state index in [0.29, 0.717) is 30.3 Å². The molecule has 0 saturated carbocycles. The highest BCUT2D eigenvalue weighted by Crippen LogP contribution is 2.35. The number of H-pyrrole nitrogens is 1. The van der Waals surface area contributed by atoms with E-state index in [2.05, 4.69) is 20.5 Å². The molecule has 4 heterocycles. The van der Waals surface area contributed by atoms with Gasteiger partial charge in [0.1, 0.15) is 5.82 Å². The Kier molecular flexibility index (Phi) is 3.53. The molecular formula is C15H19N5O3. The van der Waals surface area contributed by atoms with Crippen LogP contribution in [-0.2, 0) is 6.54 Å². The first kappa shape index (κ1) is 14.3. The van der Waals surface area contributed by atoms with Gasteiger partial charge in [-0.15, -0.1) is 5.10 Å². The number of rotatable bonds is 3. The van der Waals surface area contributed by atoms with Crippen LogP contribution in [-0.4, -0.2) is 49.4 Å². The fraction of sp³-hybridized carbons (Fsp3) is 0.533. The van der Waals surface area contributed by atoms with Crippen molar-refractivity contribution in [1.82, 2.24) is 25.4 Å². The Hall–Kier alpha value is -2.35. The minimum absolute atomic E-state index is 0.0969. The summed E-state index contributed by atoms with van der Waals surface area (Å²) in [5.41, 5.74) is 0. The predicted molar refractivity (Wildman–Crippen MR) is 80.2 cm³/mol. The van der Waals surface area contributed by atoms with Crippen LogP contribution < -0.4 is 5.32 Å². The van der Waals surface area contributed by atoms with Crippen molar-refractivity contribution in [3.8, 4) is 11.6 Å². The predicted octanol–water partition coefficient (Wildman–Crippen LogP) is 1.26. The summed E-state index contributed by atoms with van der Waals surface area (Å²) in [5.74, 6) is 1.64. The van der Waals surface area contributed by atoms with Crippen molar-refractivity contribution in [2.45, 2.75) is 50.4 Å². The van der Waals surface area contributed by atoms with Crippen molar-refractivity contribution in [3.05, 3.63) is 24.2 Å². The van der Waals surface area contributed by atoms with E-state index in [1.54, 1.807) is 18.4 Å². The zero-order valence-electron chi connectivity index (χ0n) is 12.6. The molecule has 2 bridgehead atoms. The van der Waals surface area contributed by atoms with E-state index in [9.17, 15) is 9.90 Å². The van der Waals surface area contributed by atoms with Gasteiger partial charge in [0.2, 0.25) is 5.82 Å². The minimum atomic E-state index is -0.276. The van der Waals surface area contributed by atoms with Gasteiger partial charge >= 0.3 is 6.03 Å². The van der Waals surface area contributed by atoms with Crippen LogP contribution in [0, 0.1) is 0 Å². The van der Waals surface area contributed by atoms with Crippen LogP contribution in [0.5, 0.6) is 0 Å². The van der Waals surface area contributed by atoms with Gasteiger partial charge in [0.05, 0.1) is 18.9 Å². The summed E-state index contributed by atoms with van der Waals surface area (Å²) in [6.45, 7) is 0.283. The standard InChI is InChI=1S/C15H19N5O3/c21-11-6-9-3-4-10(7-11)20(9)15(22)16-8-13-17-14(19-18-13)12-2-1-5-23-12/h1-2,5,9-11,21H,3-4,6-8H2,(H,16,22)(H,17,18,19)/t9-,10+,11?. The van der Waals surface area contributed by atoms with Crippen LogP contribution in [0.2, 0.25) is 0 Å². The average Bonchev–Trinajstić information content (AvgIpc) is 3.24. The number of carbonyl (C=O) groups is 1. The van der Waals surface area contributed by atoms with E-state index in [4.69, 9.17) is 4.42 Å². The first-order valence-electron chi connectivity index (χ1n) is 7.90. The maximum atomic E-state index is 12.4. The summed E-state index contributed by atoms with van der Waals surface area (Å²) in [6, 6.07) is 3.75. The van der Waals surface area contributed by atoms with Crippen molar-refractivity contribution in [2.24, 2.45) is 0 Å². The van der Waals surface area contributed by atoms with Crippen LogP contribution in [0.25, 0.3) is 11.6 Å². The molecule has 2 aliphatic rings. The second-order valence-electron chi connectivity index (χ2n) is 6.16. The number of nitrogens with one attached hydrogen (secondary N) is 2. The Morgan fingerprint density at radius 2 is 2.22 bits per heavy atom. The number of hydrogen-bond acceptors (Lipinski definition) is 5. The molecule has 23 heavy (non-hydrogen) atoms. The zero-order valence-corrected chi connectivity index (χ0v) is 12.6. The van der Waals surface area contributed by atoms with E-state index in [-0.39, 0.29) is 30.8 Å². The Morgan fingerprint density at radius 3 is 2.91 bits per heavy atom. The highest BCUT2D eigenvalue weighted by atomic mass is 16.3. The number of urea groups is 1. The maximum absolute atomic E-state index is 12.4. The van der Waals surface area contributed by atoms with Gasteiger partial charge in [0.25, 0.3) is 0 Å². The van der Waals surface area contributed by atoms with Gasteiger partial charge < -0.3 is 19.7 Å². The van der Waals surface area contributed by atoms with Gasteiger partial charge in [-0.05, 0) is 37.8 Å². The average molecular weight is 317 g/mol. The summed E-state index contributed by atoms with van der Waals surface area (Å²) in [5, 5.41) is 19.6. The van der Waals surface area contributed by atoms with Gasteiger partial charge in [-0.2, -0.15) is 0 Å². The molecule has 2 aliphatic heterocycles. The van der Waals surface area contributed by atoms with Crippen LogP contribution in [0.1, 0.15) is 31.5 Å². The molecule has 4 rings (SSSR count). The Labute approximate surface area is 132 Å². The Balaban J connectivity index is 1.37. The van der Waals surface area contributed by atoms with E-state index < -0.39 is 0 Å². The number of nitrogens with zero attached hydrogens (tertiary/aromatic N) is 3. The smallest absolute Gasteiger partial charge is 0.318 e. The van der Waals surface area contributed by atoms with Gasteiger partial charge in [0, 0.05) is 12.1 Å². The number of furan rings is 1. The summed E-state index contributed by atoms with van der Waals surface area (Å²) in [6.07, 6.45) is 4.58. The molecule has 2 amide bonds. The van der Waals surface area contributed by atoms with Crippen LogP contribution in [0.15, 0.2) is 22.8 Å². The summed E-state index contributed by atoms with van der Waals surface area (Å²) in [4.78, 5) is 18.6. The molecule has 0 radical (unpaired) electrons. The molecule has 122 valence electrons. The van der Waals surface area contributed by atoms with E-state index in [1.807, 2.05) is 4.90 Å². The fourth-order valence-corrected chi connectivity index (χ4v) is 3.62. The summed E-state index contributed by atoms with van der Waals surface area (Å²) in [7, 11) is 0. The van der Waals surface area contributed by atoms with Crippen molar-refractivity contribution in [1.29, 1.82) is 0 Å². The fourth-order valence-electron chi connectivity index (χ4n) is 3.62. The molecule has 2 aromatic rings. The van der Waals surface area contributed by atoms with Gasteiger partial charge in [-0.1, -0.05) is 0 Å². The van der Waals surface area contributed by atoms with Crippen molar-refractivity contribution >= 4 is 6.03 Å². The molecule has 8 heteroatoms. The third-order valence-corrected chi connectivity index (χ3v) is 4.62. The molecule has 1 unspecified atom stereocenters. The van der Waals surface area contributed by atoms with Gasteiger partial charge in [-0.25, -0.2) is 9.78 Å². The number of carbonyl (C=O) groups excluding carboxylic acids is 1. The summed E-state index contributed by atoms with van der Waals surface area (Å²) >= 11 is 0. The largest absolute Gasteiger partial charge is 0.461 e. The number of fused-ring (bicyclic) bond motifs is 2. The number of aliphatic hydroxyl groups excluding tert-OH is 1. The maximum Gasteiger partial charge on any atom is 0.318 e. The molecule has 8 nitrogen and oxygen atoms in total. The summed E-state index contributed by atoms with van der Waals surface area (Å²) < 4.78 is 5.24. The second kappa shape index (κ2) is 5.69. The molecule has 3 atom stereocenters. The van der Waals surface area contributed by atoms with E-state index in [1.165, 1.54) is 0 Å². The normalized spacial score (nSPS) is 26.5. The molecule has 0 aromatic carbocycles. The number of aromatic nitrogens is 3. The highest BCUT2D eigenvalue weighted by molar-refractivity contribution is 5.75. The van der Waals surface area contributed by atoms with Crippen molar-refractivity contribution in [3.63, 3.8) is 0 Å². The van der Waals surface area contributed by atoms with Gasteiger partial charge in [-0.3, -0.25) is 5.10 Å². The SMILES string of the molecule is O=C(NCc1nc(-c2ccco2)n[nH]1)N1[C@@H]2CC[C@H]1CC(O)C2. The Morgan fingerprint density at radius 1 is 1.43 bits per heavy atom. The number of amides is 2. The lowest BCUT2D eigenvalue weighted by Crippen LogP contribution is -2.51. The third-order valence-electron chi connectivity index (χ3n) is 4.62. The van der Waals surface area contributed by atoms with Crippen molar-refractivity contribution < 1.29 is 14.3 Å². The monoisotopic (exact) mass is 317 g/mol. The molecule has 2 fully saturated rings. The lowest BCUT2D eigenvalue weighted by atomic mass is 10.0. The minimum Gasteiger partial charge on any atom is -0.461 e. The number of aliphatic hydroxyl groups is 1. The zero-order chi connectivity index (χ0) is 15.8. The first-order valence-corrected chi connectivity index (χ1v) is 7.90. The second-order valence-corrected chi connectivity index (χ2v) is 6.16. The molecule has 2 saturated heterocycles. The van der Waals surface area contributed by atoms with E-state index >= 15 is 0 Å². The van der Waals surface area contributed by atoms with E-state index in [0.717, 1.165) is 12.8 Å². The molecule has 0 aliphatic carbocycles. The molecule has 2 aromatic heterocycles. The number of piperidine rings is 1. The molecule has 3 N–H and O–H groups in total. The molecular weight excluding hydrogens is 298 g/mol. The van der Waals surface area contributed by atoms with Gasteiger partial charge in [0.15, 0.2) is 5.76 Å². The van der Waals surface area contributed by atoms with Crippen molar-refractivity contribution in [2.75, 3.05) is 0 Å². The molecule has 0 spiro atoms. The number of aromatic amines is 1. The number of hydrogen-bond donors (Lipinski definition) is 3. The quantitative estimate of drug-likeness (QED) is 0.790. The lowest BCUT2D eigenvalue weighted by molar-refractivity contribution is 0.0541. The first-order chi connectivity index (χ1) is 11.2. The Bertz CT molecular complexity index is 669. The van der Waals surface area contributed by atoms with Crippen LogP contribution >= 0.6 is 0 Å². The van der Waals surface area contributed by atoms with Crippen LogP contribution in [0.3, 0.4) is 0 Å². The topological polar surface area (TPSA) is 107 Å². The highest BCUT2D eigenvalue weighted by Gasteiger charge is 2.42. The lowest BCUT2D eigenvalue weighted by Gasteiger charge is -2.37. The van der Waals surface area contributed by atoms with Crippen LogP contribution in [0.4, 0.5) is 4.79 Å². The third kappa shape index (κ3) is 2.70.